The number of hydrogen-bond acceptors (Lipinski definition) is 17. The van der Waals surface area contributed by atoms with Crippen LogP contribution in [0.3, 0.4) is 0 Å². The summed E-state index contributed by atoms with van der Waals surface area (Å²) in [6, 6.07) is 7.83. The molecule has 71 heavy (non-hydrogen) atoms. The van der Waals surface area contributed by atoms with E-state index in [4.69, 9.17) is 28.4 Å². The standard InChI is InChI=1S/C54H84N2O13S2/c1-13-54(11,50(63)67-31-39(58)32-70)27-35(3)47(60)65-21-22-66-49(62)52(7,8)26-34(2)48(61)69-53(9,10)28-38(57)33-71-23-18-37-30-56-20-17-36(37)24-44(56)46(68-45(59)29-51(4,5)6)41-16-19-55-43-15-14-40(64-12)25-42(41)43/h14-16,19,25,34-39,44,46,57-58,70H,13,17-18,20-24,26-33H2,1-12H3/t34?,35?,36?,37?,38?,39?,44-,46?,54?/m0/s1. The van der Waals surface area contributed by atoms with E-state index in [9.17, 15) is 34.2 Å². The third-order valence-electron chi connectivity index (χ3n) is 13.9. The number of piperidine rings is 3. The molecule has 2 N–H and O–H groups in total. The van der Waals surface area contributed by atoms with Crippen molar-refractivity contribution in [1.29, 1.82) is 0 Å². The van der Waals surface area contributed by atoms with Crippen LogP contribution in [0.2, 0.25) is 0 Å². The molecule has 2 aromatic rings. The zero-order valence-corrected chi connectivity index (χ0v) is 46.2. The molecule has 1 aromatic carbocycles. The van der Waals surface area contributed by atoms with Crippen molar-refractivity contribution in [3.8, 4) is 5.75 Å². The maximum absolute atomic E-state index is 13.4. The van der Waals surface area contributed by atoms with Crippen molar-refractivity contribution in [2.45, 2.75) is 157 Å². The number of rotatable bonds is 28. The van der Waals surface area contributed by atoms with Crippen LogP contribution >= 0.6 is 24.4 Å². The van der Waals surface area contributed by atoms with Crippen molar-refractivity contribution >= 4 is 65.1 Å². The van der Waals surface area contributed by atoms with Crippen LogP contribution in [0.5, 0.6) is 5.75 Å². The minimum absolute atomic E-state index is 0.0359. The highest BCUT2D eigenvalue weighted by Crippen LogP contribution is 2.45. The molecule has 1 aromatic heterocycles. The van der Waals surface area contributed by atoms with Crippen molar-refractivity contribution in [2.75, 3.05) is 57.3 Å². The zero-order chi connectivity index (χ0) is 52.9. The smallest absolute Gasteiger partial charge is 0.311 e. The van der Waals surface area contributed by atoms with Crippen LogP contribution in [-0.4, -0.2) is 131 Å². The van der Waals surface area contributed by atoms with E-state index in [2.05, 4.69) is 22.5 Å². The van der Waals surface area contributed by atoms with E-state index in [-0.39, 0.29) is 62.3 Å². The van der Waals surface area contributed by atoms with Crippen molar-refractivity contribution in [2.24, 2.45) is 39.9 Å². The lowest BCUT2D eigenvalue weighted by Crippen LogP contribution is -2.56. The van der Waals surface area contributed by atoms with Gasteiger partial charge in [-0.15, -0.1) is 0 Å². The summed E-state index contributed by atoms with van der Waals surface area (Å²) in [5.74, 6) is -0.411. The lowest BCUT2D eigenvalue weighted by atomic mass is 9.72. The molecule has 2 bridgehead atoms. The van der Waals surface area contributed by atoms with Crippen molar-refractivity contribution < 1.29 is 62.6 Å². The van der Waals surface area contributed by atoms with Crippen LogP contribution in [0.4, 0.5) is 0 Å². The van der Waals surface area contributed by atoms with E-state index in [0.717, 1.165) is 60.3 Å². The monoisotopic (exact) mass is 1030 g/mol. The fourth-order valence-electron chi connectivity index (χ4n) is 9.88. The van der Waals surface area contributed by atoms with E-state index in [1.807, 2.05) is 52.0 Å². The van der Waals surface area contributed by atoms with Gasteiger partial charge in [-0.25, -0.2) is 0 Å². The van der Waals surface area contributed by atoms with E-state index < -0.39 is 70.5 Å². The molecule has 0 spiro atoms. The molecular formula is C54H84N2O13S2. The minimum Gasteiger partial charge on any atom is -0.497 e. The number of carbonyl (C=O) groups is 5. The summed E-state index contributed by atoms with van der Waals surface area (Å²) < 4.78 is 34.0. The Labute approximate surface area is 432 Å². The SMILES string of the molecule is CCC(C)(CC(C)C(=O)OCCOC(=O)C(C)(C)CC(C)C(=O)OC(C)(C)CC(O)CSCCC1CN2CCC1C[C@H]2C(OC(=O)CC(C)(C)C)c1ccnc2ccc(OC)cc12)C(=O)OCC(O)CS. The topological polar surface area (TPSA) is 197 Å². The molecule has 10 atom stereocenters. The van der Waals surface area contributed by atoms with E-state index in [1.165, 1.54) is 0 Å². The van der Waals surface area contributed by atoms with Crippen LogP contribution in [0, 0.1) is 39.9 Å². The molecule has 400 valence electrons. The molecule has 17 heteroatoms. The van der Waals surface area contributed by atoms with Gasteiger partial charge in [0.1, 0.15) is 37.3 Å². The van der Waals surface area contributed by atoms with Crippen LogP contribution in [0.25, 0.3) is 10.9 Å². The maximum Gasteiger partial charge on any atom is 0.311 e. The predicted molar refractivity (Wildman–Crippen MR) is 278 cm³/mol. The summed E-state index contributed by atoms with van der Waals surface area (Å²) in [6.45, 7) is 21.2. The molecule has 3 fully saturated rings. The number of aliphatic hydroxyl groups excluding tert-OH is 2. The Morgan fingerprint density at radius 1 is 0.887 bits per heavy atom. The van der Waals surface area contributed by atoms with Crippen molar-refractivity contribution in [1.82, 2.24) is 9.88 Å². The number of aliphatic hydroxyl groups is 2. The number of aromatic nitrogens is 1. The largest absolute Gasteiger partial charge is 0.497 e. The lowest BCUT2D eigenvalue weighted by molar-refractivity contribution is -0.168. The number of nitrogens with zero attached hydrogens (tertiary/aromatic N) is 2. The second-order valence-corrected chi connectivity index (χ2v) is 24.2. The van der Waals surface area contributed by atoms with Crippen LogP contribution in [-0.2, 0) is 47.7 Å². The van der Waals surface area contributed by atoms with Crippen molar-refractivity contribution in [3.05, 3.63) is 36.0 Å². The second kappa shape index (κ2) is 26.5. The third-order valence-corrected chi connectivity index (χ3v) is 15.5. The number of hydrogen-bond donors (Lipinski definition) is 3. The summed E-state index contributed by atoms with van der Waals surface area (Å²) in [4.78, 5) is 72.5. The summed E-state index contributed by atoms with van der Waals surface area (Å²) >= 11 is 5.69. The maximum atomic E-state index is 13.4. The first kappa shape index (κ1) is 59.9. The Kier molecular flexibility index (Phi) is 22.4. The fourth-order valence-corrected chi connectivity index (χ4v) is 11.0. The number of pyridine rings is 1. The molecule has 3 saturated heterocycles. The average Bonchev–Trinajstić information content (AvgIpc) is 3.30. The van der Waals surface area contributed by atoms with Gasteiger partial charge in [-0.2, -0.15) is 24.4 Å². The molecule has 5 rings (SSSR count). The predicted octanol–water partition coefficient (Wildman–Crippen LogP) is 8.59. The van der Waals surface area contributed by atoms with Crippen LogP contribution in [0.15, 0.2) is 30.5 Å². The Balaban J connectivity index is 1.19. The molecule has 0 aliphatic carbocycles. The lowest BCUT2D eigenvalue weighted by Gasteiger charge is -2.52. The number of thioether (sulfide) groups is 1. The number of thiol groups is 1. The molecule has 9 unspecified atom stereocenters. The zero-order valence-electron chi connectivity index (χ0n) is 44.5. The van der Waals surface area contributed by atoms with Gasteiger partial charge in [-0.1, -0.05) is 41.5 Å². The van der Waals surface area contributed by atoms with Crippen LogP contribution in [0.1, 0.15) is 139 Å². The van der Waals surface area contributed by atoms with Gasteiger partial charge in [0.2, 0.25) is 0 Å². The molecule has 4 heterocycles. The first-order valence-corrected chi connectivity index (χ1v) is 27.1. The molecule has 0 amide bonds. The Morgan fingerprint density at radius 2 is 1.58 bits per heavy atom. The van der Waals surface area contributed by atoms with Gasteiger partial charge < -0.3 is 38.6 Å². The third kappa shape index (κ3) is 18.1. The number of methoxy groups -OCH3 is 1. The van der Waals surface area contributed by atoms with Gasteiger partial charge in [0, 0.05) is 41.6 Å². The molecular weight excluding hydrogens is 949 g/mol. The number of fused-ring (bicyclic) bond motifs is 4. The molecule has 15 nitrogen and oxygen atoms in total. The second-order valence-electron chi connectivity index (χ2n) is 22.7. The Bertz CT molecular complexity index is 2090. The number of carbonyl (C=O) groups excluding carboxylic acids is 5. The highest BCUT2D eigenvalue weighted by atomic mass is 32.2. The van der Waals surface area contributed by atoms with E-state index >= 15 is 0 Å². The van der Waals surface area contributed by atoms with Gasteiger partial charge in [0.05, 0.1) is 60.0 Å². The molecule has 3 aliphatic rings. The van der Waals surface area contributed by atoms with E-state index in [1.54, 1.807) is 73.5 Å². The fraction of sp³-hybridized carbons (Fsp3) is 0.741. The number of esters is 5. The van der Waals surface area contributed by atoms with Gasteiger partial charge in [0.25, 0.3) is 0 Å². The molecule has 0 saturated carbocycles. The van der Waals surface area contributed by atoms with Gasteiger partial charge in [-0.05, 0) is 127 Å². The van der Waals surface area contributed by atoms with E-state index in [0.29, 0.717) is 30.4 Å². The molecule has 0 radical (unpaired) electrons. The Hall–Kier alpha value is -3.64. The van der Waals surface area contributed by atoms with Gasteiger partial charge in [0.15, 0.2) is 0 Å². The summed E-state index contributed by atoms with van der Waals surface area (Å²) in [5, 5.41) is 21.7. The van der Waals surface area contributed by atoms with Crippen LogP contribution < -0.4 is 4.74 Å². The first-order valence-electron chi connectivity index (χ1n) is 25.4. The highest BCUT2D eigenvalue weighted by Gasteiger charge is 2.45. The molecule has 3 aliphatic heterocycles. The summed E-state index contributed by atoms with van der Waals surface area (Å²) in [5.41, 5.74) is -1.42. The number of ether oxygens (including phenoxy) is 6. The minimum atomic E-state index is -1.06. The average molecular weight is 1030 g/mol. The Morgan fingerprint density at radius 3 is 2.21 bits per heavy atom. The van der Waals surface area contributed by atoms with Gasteiger partial charge >= 0.3 is 29.8 Å². The highest BCUT2D eigenvalue weighted by molar-refractivity contribution is 7.99. The van der Waals surface area contributed by atoms with Crippen molar-refractivity contribution in [3.63, 3.8) is 0 Å². The first-order chi connectivity index (χ1) is 33.2. The normalized spacial score (nSPS) is 21.2. The summed E-state index contributed by atoms with van der Waals surface area (Å²) in [6.07, 6.45) is 4.04. The summed E-state index contributed by atoms with van der Waals surface area (Å²) in [7, 11) is 1.64. The quantitative estimate of drug-likeness (QED) is 0.0317. The number of benzene rings is 1. The van der Waals surface area contributed by atoms with Gasteiger partial charge in [-0.3, -0.25) is 33.9 Å².